The van der Waals surface area contributed by atoms with Crippen LogP contribution in [0.2, 0.25) is 0 Å². The molecule has 1 aliphatic rings. The Kier molecular flexibility index (Phi) is 4.20. The Labute approximate surface area is 107 Å². The van der Waals surface area contributed by atoms with Crippen molar-refractivity contribution in [2.45, 2.75) is 51.0 Å². The fourth-order valence-electron chi connectivity index (χ4n) is 2.70. The lowest BCUT2D eigenvalue weighted by atomic mass is 9.73. The normalized spacial score (nSPS) is 22.1. The van der Waals surface area contributed by atoms with Gasteiger partial charge in [-0.3, -0.25) is 0 Å². The monoisotopic (exact) mass is 249 g/mol. The van der Waals surface area contributed by atoms with Gasteiger partial charge in [-0.1, -0.05) is 38.2 Å². The molecule has 0 aromatic carbocycles. The van der Waals surface area contributed by atoms with Crippen LogP contribution in [0.3, 0.4) is 0 Å². The van der Waals surface area contributed by atoms with Gasteiger partial charge in [0.05, 0.1) is 11.5 Å². The largest absolute Gasteiger partial charge is 0.386 e. The summed E-state index contributed by atoms with van der Waals surface area (Å²) < 4.78 is 0. The van der Waals surface area contributed by atoms with Gasteiger partial charge in [-0.25, -0.2) is 0 Å². The van der Waals surface area contributed by atoms with Gasteiger partial charge in [0, 0.05) is 4.88 Å². The number of thiophene rings is 1. The van der Waals surface area contributed by atoms with Crippen molar-refractivity contribution in [3.05, 3.63) is 22.4 Å². The van der Waals surface area contributed by atoms with Crippen molar-refractivity contribution < 1.29 is 5.11 Å². The second-order valence-corrected chi connectivity index (χ2v) is 5.93. The Morgan fingerprint density at radius 3 is 2.41 bits per heavy atom. The second-order valence-electron chi connectivity index (χ2n) is 4.95. The highest BCUT2D eigenvalue weighted by Crippen LogP contribution is 2.44. The van der Waals surface area contributed by atoms with Crippen molar-refractivity contribution in [3.63, 3.8) is 0 Å². The van der Waals surface area contributed by atoms with E-state index in [1.54, 1.807) is 11.3 Å². The highest BCUT2D eigenvalue weighted by atomic mass is 32.1. The van der Waals surface area contributed by atoms with Crippen molar-refractivity contribution in [1.82, 2.24) is 0 Å². The van der Waals surface area contributed by atoms with Crippen LogP contribution in [0.25, 0.3) is 0 Å². The van der Waals surface area contributed by atoms with E-state index in [0.29, 0.717) is 0 Å². The van der Waals surface area contributed by atoms with Gasteiger partial charge in [0.1, 0.15) is 6.10 Å². The summed E-state index contributed by atoms with van der Waals surface area (Å²) in [7, 11) is 0. The van der Waals surface area contributed by atoms with E-state index in [-0.39, 0.29) is 0 Å². The number of hydrogen-bond acceptors (Lipinski definition) is 3. The van der Waals surface area contributed by atoms with Crippen LogP contribution in [0.4, 0.5) is 0 Å². The van der Waals surface area contributed by atoms with Gasteiger partial charge in [-0.15, -0.1) is 11.3 Å². The summed E-state index contributed by atoms with van der Waals surface area (Å²) in [5, 5.41) is 22.0. The molecule has 0 spiro atoms. The molecule has 0 amide bonds. The average Bonchev–Trinajstić information content (AvgIpc) is 2.82. The number of aliphatic hydroxyl groups is 1. The molecule has 2 nitrogen and oxygen atoms in total. The Morgan fingerprint density at radius 1 is 1.24 bits per heavy atom. The van der Waals surface area contributed by atoms with Crippen molar-refractivity contribution in [3.8, 4) is 6.07 Å². The van der Waals surface area contributed by atoms with Crippen molar-refractivity contribution in [2.75, 3.05) is 0 Å². The third-order valence-electron chi connectivity index (χ3n) is 3.80. The maximum absolute atomic E-state index is 10.5. The summed E-state index contributed by atoms with van der Waals surface area (Å²) in [4.78, 5) is 0.937. The number of aliphatic hydroxyl groups excluding tert-OH is 1. The molecule has 17 heavy (non-hydrogen) atoms. The number of nitriles is 1. The van der Waals surface area contributed by atoms with Crippen molar-refractivity contribution in [1.29, 1.82) is 5.26 Å². The van der Waals surface area contributed by atoms with Crippen LogP contribution < -0.4 is 0 Å². The Bertz CT molecular complexity index is 371. The Balaban J connectivity index is 2.19. The maximum Gasteiger partial charge on any atom is 0.107 e. The first-order valence-corrected chi connectivity index (χ1v) is 7.29. The average molecular weight is 249 g/mol. The number of nitrogens with zero attached hydrogens (tertiary/aromatic N) is 1. The molecule has 1 saturated carbocycles. The maximum atomic E-state index is 10.5. The van der Waals surface area contributed by atoms with E-state index in [2.05, 4.69) is 6.07 Å². The minimum Gasteiger partial charge on any atom is -0.386 e. The van der Waals surface area contributed by atoms with Crippen molar-refractivity contribution >= 4 is 11.3 Å². The van der Waals surface area contributed by atoms with Crippen molar-refractivity contribution in [2.24, 2.45) is 5.41 Å². The molecule has 1 N–H and O–H groups in total. The number of rotatable bonds is 2. The first-order valence-electron chi connectivity index (χ1n) is 6.41. The van der Waals surface area contributed by atoms with Gasteiger partial charge in [-0.05, 0) is 24.3 Å². The van der Waals surface area contributed by atoms with Crippen LogP contribution >= 0.6 is 11.3 Å². The summed E-state index contributed by atoms with van der Waals surface area (Å²) in [6.07, 6.45) is 6.86. The molecule has 1 fully saturated rings. The third-order valence-corrected chi connectivity index (χ3v) is 4.73. The van der Waals surface area contributed by atoms with Crippen LogP contribution in [-0.2, 0) is 0 Å². The molecule has 0 saturated heterocycles. The van der Waals surface area contributed by atoms with Crippen LogP contribution in [-0.4, -0.2) is 5.11 Å². The topological polar surface area (TPSA) is 44.0 Å². The van der Waals surface area contributed by atoms with Gasteiger partial charge in [0.2, 0.25) is 0 Å². The minimum atomic E-state index is -0.606. The minimum absolute atomic E-state index is 0.550. The predicted octanol–water partition coefficient (Wildman–Crippen LogP) is 4.04. The molecule has 1 atom stereocenters. The Hall–Kier alpha value is -0.850. The highest BCUT2D eigenvalue weighted by molar-refractivity contribution is 7.10. The summed E-state index contributed by atoms with van der Waals surface area (Å²) in [5.74, 6) is 0. The smallest absolute Gasteiger partial charge is 0.107 e. The first kappa shape index (κ1) is 12.6. The molecule has 2 rings (SSSR count). The predicted molar refractivity (Wildman–Crippen MR) is 69.6 cm³/mol. The van der Waals surface area contributed by atoms with Crippen LogP contribution in [0.15, 0.2) is 17.5 Å². The summed E-state index contributed by atoms with van der Waals surface area (Å²) in [6, 6.07) is 6.31. The lowest BCUT2D eigenvalue weighted by Crippen LogP contribution is -2.28. The molecule has 1 unspecified atom stereocenters. The lowest BCUT2D eigenvalue weighted by molar-refractivity contribution is 0.0463. The molecular weight excluding hydrogens is 230 g/mol. The molecule has 0 aliphatic heterocycles. The highest BCUT2D eigenvalue weighted by Gasteiger charge is 2.39. The van der Waals surface area contributed by atoms with E-state index in [1.807, 2.05) is 17.5 Å². The molecule has 1 heterocycles. The van der Waals surface area contributed by atoms with E-state index in [4.69, 9.17) is 0 Å². The number of hydrogen-bond donors (Lipinski definition) is 1. The zero-order chi connectivity index (χ0) is 12.1. The van der Waals surface area contributed by atoms with Crippen LogP contribution in [0.5, 0.6) is 0 Å². The molecule has 92 valence electrons. The molecule has 0 bridgehead atoms. The van der Waals surface area contributed by atoms with Crippen LogP contribution in [0, 0.1) is 16.7 Å². The summed E-state index contributed by atoms with van der Waals surface area (Å²) >= 11 is 1.55. The van der Waals surface area contributed by atoms with E-state index in [1.165, 1.54) is 19.3 Å². The molecule has 3 heteroatoms. The standard InChI is InChI=1S/C14H19NOS/c15-11-14(8-4-2-1-3-5-9-14)13(16)12-7-6-10-17-12/h6-7,10,13,16H,1-5,8-9H2. The third kappa shape index (κ3) is 2.70. The van der Waals surface area contributed by atoms with Gasteiger partial charge in [0.25, 0.3) is 0 Å². The van der Waals surface area contributed by atoms with E-state index in [0.717, 1.165) is 30.6 Å². The molecule has 1 aromatic heterocycles. The van der Waals surface area contributed by atoms with E-state index < -0.39 is 11.5 Å². The van der Waals surface area contributed by atoms with Gasteiger partial charge in [0.15, 0.2) is 0 Å². The molecule has 0 radical (unpaired) electrons. The zero-order valence-corrected chi connectivity index (χ0v) is 10.9. The van der Waals surface area contributed by atoms with Gasteiger partial charge >= 0.3 is 0 Å². The van der Waals surface area contributed by atoms with Gasteiger partial charge in [-0.2, -0.15) is 5.26 Å². The quantitative estimate of drug-likeness (QED) is 0.859. The molecular formula is C14H19NOS. The molecule has 1 aromatic rings. The summed E-state index contributed by atoms with van der Waals surface area (Å²) in [5.41, 5.74) is -0.550. The van der Waals surface area contributed by atoms with E-state index in [9.17, 15) is 10.4 Å². The molecule has 1 aliphatic carbocycles. The van der Waals surface area contributed by atoms with Crippen LogP contribution in [0.1, 0.15) is 55.9 Å². The fourth-order valence-corrected chi connectivity index (χ4v) is 3.53. The second kappa shape index (κ2) is 5.66. The van der Waals surface area contributed by atoms with E-state index >= 15 is 0 Å². The zero-order valence-electron chi connectivity index (χ0n) is 10.1. The Morgan fingerprint density at radius 2 is 1.88 bits per heavy atom. The lowest BCUT2D eigenvalue weighted by Gasteiger charge is -2.32. The summed E-state index contributed by atoms with van der Waals surface area (Å²) in [6.45, 7) is 0. The SMILES string of the molecule is N#CC1(C(O)c2cccs2)CCCCCCC1. The first-order chi connectivity index (χ1) is 8.28. The fraction of sp³-hybridized carbons (Fsp3) is 0.643. The van der Waals surface area contributed by atoms with Gasteiger partial charge < -0.3 is 5.11 Å².